The average molecular weight is 408 g/mol. The molecule has 1 saturated carbocycles. The molecule has 4 fully saturated rings. The largest absolute Gasteiger partial charge is 0.396 e. The van der Waals surface area contributed by atoms with E-state index in [2.05, 4.69) is 10.6 Å². The summed E-state index contributed by atoms with van der Waals surface area (Å²) in [6.07, 6.45) is 7.57. The van der Waals surface area contributed by atoms with Crippen LogP contribution in [0.3, 0.4) is 0 Å². The summed E-state index contributed by atoms with van der Waals surface area (Å²) < 4.78 is 6.32. The van der Waals surface area contributed by atoms with Gasteiger partial charge in [0.15, 0.2) is 0 Å². The van der Waals surface area contributed by atoms with Crippen LogP contribution in [-0.4, -0.2) is 71.7 Å². The first-order chi connectivity index (χ1) is 14.0. The minimum atomic E-state index is -0.906. The van der Waals surface area contributed by atoms with E-state index >= 15 is 0 Å². The molecule has 8 heteroatoms. The van der Waals surface area contributed by atoms with Crippen LogP contribution in [0.1, 0.15) is 57.8 Å². The molecule has 1 aliphatic carbocycles. The first-order valence-electron chi connectivity index (χ1n) is 11.1. The number of rotatable bonds is 7. The Bertz CT molecular complexity index is 665. The predicted octanol–water partition coefficient (Wildman–Crippen LogP) is 0.328. The summed E-state index contributed by atoms with van der Waals surface area (Å²) in [4.78, 5) is 41.1. The van der Waals surface area contributed by atoms with Gasteiger partial charge in [0.05, 0.1) is 17.9 Å². The first-order valence-corrected chi connectivity index (χ1v) is 11.1. The fraction of sp³-hybridized carbons (Fsp3) is 0.857. The van der Waals surface area contributed by atoms with Crippen LogP contribution < -0.4 is 10.6 Å². The standard InChI is InChI=1S/C21H33N3O5/c1-22-18(26)15-14-9-10-21(29-14)16(15)20(28)24(11-5-6-12-25)17(21)19(27)23-13-7-3-2-4-8-13/h13-17,25H,2-12H2,1H3,(H,22,26)(H,23,27)/t14-,15+,16+,17?,21?/m1/s1. The molecule has 0 aromatic carbocycles. The first kappa shape index (κ1) is 20.6. The maximum Gasteiger partial charge on any atom is 0.246 e. The molecule has 8 nitrogen and oxygen atoms in total. The zero-order chi connectivity index (χ0) is 20.6. The predicted molar refractivity (Wildman–Crippen MR) is 105 cm³/mol. The minimum absolute atomic E-state index is 0.0506. The van der Waals surface area contributed by atoms with Gasteiger partial charge in [0, 0.05) is 26.2 Å². The third kappa shape index (κ3) is 3.34. The van der Waals surface area contributed by atoms with Gasteiger partial charge >= 0.3 is 0 Å². The van der Waals surface area contributed by atoms with Crippen LogP contribution in [0.2, 0.25) is 0 Å². The second kappa shape index (κ2) is 8.22. The van der Waals surface area contributed by atoms with Crippen molar-refractivity contribution in [3.8, 4) is 0 Å². The number of hydrogen-bond acceptors (Lipinski definition) is 5. The van der Waals surface area contributed by atoms with Gasteiger partial charge in [-0.25, -0.2) is 0 Å². The number of nitrogens with one attached hydrogen (secondary N) is 2. The summed E-state index contributed by atoms with van der Waals surface area (Å²) in [5.74, 6) is -1.61. The Kier molecular flexibility index (Phi) is 5.84. The number of ether oxygens (including phenoxy) is 1. The topological polar surface area (TPSA) is 108 Å². The third-order valence-corrected chi connectivity index (χ3v) is 7.36. The highest BCUT2D eigenvalue weighted by molar-refractivity contribution is 5.98. The summed E-state index contributed by atoms with van der Waals surface area (Å²) in [5, 5.41) is 15.0. The van der Waals surface area contributed by atoms with Crippen molar-refractivity contribution in [2.45, 2.75) is 81.6 Å². The second-order valence-electron chi connectivity index (χ2n) is 8.98. The molecule has 29 heavy (non-hydrogen) atoms. The van der Waals surface area contributed by atoms with Crippen molar-refractivity contribution in [1.82, 2.24) is 15.5 Å². The summed E-state index contributed by atoms with van der Waals surface area (Å²) >= 11 is 0. The van der Waals surface area contributed by atoms with Gasteiger partial charge in [-0.1, -0.05) is 19.3 Å². The van der Waals surface area contributed by atoms with Gasteiger partial charge < -0.3 is 25.4 Å². The van der Waals surface area contributed by atoms with Gasteiger partial charge in [-0.15, -0.1) is 0 Å². The molecule has 0 aromatic rings. The Morgan fingerprint density at radius 2 is 1.93 bits per heavy atom. The lowest BCUT2D eigenvalue weighted by molar-refractivity contribution is -0.142. The Morgan fingerprint density at radius 3 is 2.62 bits per heavy atom. The molecule has 4 aliphatic rings. The maximum absolute atomic E-state index is 13.4. The Balaban J connectivity index is 1.61. The van der Waals surface area contributed by atoms with Gasteiger partial charge in [-0.3, -0.25) is 14.4 Å². The zero-order valence-corrected chi connectivity index (χ0v) is 17.2. The lowest BCUT2D eigenvalue weighted by Gasteiger charge is -2.35. The van der Waals surface area contributed by atoms with Crippen LogP contribution in [0.25, 0.3) is 0 Å². The number of carbonyl (C=O) groups is 3. The van der Waals surface area contributed by atoms with Crippen LogP contribution >= 0.6 is 0 Å². The van der Waals surface area contributed by atoms with Crippen LogP contribution in [-0.2, 0) is 19.1 Å². The molecule has 3 saturated heterocycles. The number of likely N-dealkylation sites (tertiary alicyclic amines) is 1. The molecule has 3 aliphatic heterocycles. The summed E-state index contributed by atoms with van der Waals surface area (Å²) in [6.45, 7) is 0.448. The highest BCUT2D eigenvalue weighted by Gasteiger charge is 2.74. The lowest BCUT2D eigenvalue weighted by atomic mass is 9.70. The number of nitrogens with zero attached hydrogens (tertiary/aromatic N) is 1. The number of fused-ring (bicyclic) bond motifs is 1. The average Bonchev–Trinajstić information content (AvgIpc) is 3.36. The molecular formula is C21H33N3O5. The molecule has 0 radical (unpaired) electrons. The van der Waals surface area contributed by atoms with Crippen molar-refractivity contribution in [1.29, 1.82) is 0 Å². The van der Waals surface area contributed by atoms with E-state index in [0.29, 0.717) is 32.2 Å². The number of hydrogen-bond donors (Lipinski definition) is 3. The molecule has 162 valence electrons. The Hall–Kier alpha value is -1.67. The minimum Gasteiger partial charge on any atom is -0.396 e. The number of carbonyl (C=O) groups excluding carboxylic acids is 3. The van der Waals surface area contributed by atoms with Crippen LogP contribution in [0, 0.1) is 11.8 Å². The molecule has 5 atom stereocenters. The normalized spacial score (nSPS) is 36.3. The van der Waals surface area contributed by atoms with Gasteiger partial charge in [0.25, 0.3) is 0 Å². The highest BCUT2D eigenvalue weighted by atomic mass is 16.5. The smallest absolute Gasteiger partial charge is 0.246 e. The van der Waals surface area contributed by atoms with Gasteiger partial charge in [-0.05, 0) is 38.5 Å². The van der Waals surface area contributed by atoms with Gasteiger partial charge in [0.2, 0.25) is 17.7 Å². The number of aliphatic hydroxyl groups excluding tert-OH is 1. The van der Waals surface area contributed by atoms with E-state index in [4.69, 9.17) is 9.84 Å². The van der Waals surface area contributed by atoms with E-state index in [9.17, 15) is 14.4 Å². The van der Waals surface area contributed by atoms with E-state index in [-0.39, 0.29) is 36.5 Å². The number of amides is 3. The van der Waals surface area contributed by atoms with E-state index in [1.165, 1.54) is 6.42 Å². The fourth-order valence-electron chi connectivity index (χ4n) is 6.08. The fourth-order valence-corrected chi connectivity index (χ4v) is 6.08. The zero-order valence-electron chi connectivity index (χ0n) is 17.2. The van der Waals surface area contributed by atoms with Gasteiger partial charge in [-0.2, -0.15) is 0 Å². The molecule has 3 N–H and O–H groups in total. The number of unbranched alkanes of at least 4 members (excludes halogenated alkanes) is 1. The van der Waals surface area contributed by atoms with Crippen molar-refractivity contribution in [2.75, 3.05) is 20.2 Å². The molecule has 2 bridgehead atoms. The molecule has 4 rings (SSSR count). The van der Waals surface area contributed by atoms with E-state index in [1.807, 2.05) is 0 Å². The van der Waals surface area contributed by atoms with E-state index in [0.717, 1.165) is 25.7 Å². The Morgan fingerprint density at radius 1 is 1.17 bits per heavy atom. The second-order valence-corrected chi connectivity index (χ2v) is 8.98. The SMILES string of the molecule is CNC(=O)[C@@H]1[C@H]2C(=O)N(CCCCO)C(C(=O)NC3CCCCC3)C23CC[C@H]1O3. The molecule has 2 unspecified atom stereocenters. The molecule has 0 aromatic heterocycles. The third-order valence-electron chi connectivity index (χ3n) is 7.36. The highest BCUT2D eigenvalue weighted by Crippen LogP contribution is 2.58. The summed E-state index contributed by atoms with van der Waals surface area (Å²) in [7, 11) is 1.58. The van der Waals surface area contributed by atoms with Crippen molar-refractivity contribution in [3.63, 3.8) is 0 Å². The van der Waals surface area contributed by atoms with Crippen LogP contribution in [0.15, 0.2) is 0 Å². The van der Waals surface area contributed by atoms with Crippen molar-refractivity contribution >= 4 is 17.7 Å². The van der Waals surface area contributed by atoms with Crippen molar-refractivity contribution in [3.05, 3.63) is 0 Å². The molecular weight excluding hydrogens is 374 g/mol. The van der Waals surface area contributed by atoms with E-state index in [1.54, 1.807) is 11.9 Å². The molecule has 1 spiro atoms. The monoisotopic (exact) mass is 407 g/mol. The van der Waals surface area contributed by atoms with Crippen LogP contribution in [0.5, 0.6) is 0 Å². The number of aliphatic hydroxyl groups is 1. The van der Waals surface area contributed by atoms with Crippen LogP contribution in [0.4, 0.5) is 0 Å². The molecule has 3 heterocycles. The summed E-state index contributed by atoms with van der Waals surface area (Å²) in [6, 6.07) is -0.547. The Labute approximate surface area is 171 Å². The lowest BCUT2D eigenvalue weighted by Crippen LogP contribution is -2.57. The quantitative estimate of drug-likeness (QED) is 0.527. The van der Waals surface area contributed by atoms with Crippen molar-refractivity contribution in [2.24, 2.45) is 11.8 Å². The van der Waals surface area contributed by atoms with Crippen molar-refractivity contribution < 1.29 is 24.2 Å². The van der Waals surface area contributed by atoms with Gasteiger partial charge in [0.1, 0.15) is 11.6 Å². The molecule has 3 amide bonds. The summed E-state index contributed by atoms with van der Waals surface area (Å²) in [5.41, 5.74) is -0.906. The van der Waals surface area contributed by atoms with E-state index < -0.39 is 23.5 Å². The maximum atomic E-state index is 13.4.